The van der Waals surface area contributed by atoms with Crippen molar-refractivity contribution in [2.45, 2.75) is 19.0 Å². The van der Waals surface area contributed by atoms with Crippen LogP contribution in [0.2, 0.25) is 0 Å². The van der Waals surface area contributed by atoms with Crippen LogP contribution >= 0.6 is 12.6 Å². The molecule has 2 unspecified atom stereocenters. The minimum Gasteiger partial charge on any atom is -0.404 e. The monoisotopic (exact) mass is 407 g/mol. The summed E-state index contributed by atoms with van der Waals surface area (Å²) in [5, 5.41) is 0. The second-order valence-corrected chi connectivity index (χ2v) is 6.15. The van der Waals surface area contributed by atoms with Gasteiger partial charge in [0.15, 0.2) is 0 Å². The van der Waals surface area contributed by atoms with E-state index in [0.717, 1.165) is 24.4 Å². The normalized spacial score (nSPS) is 13.0. The van der Waals surface area contributed by atoms with Gasteiger partial charge in [-0.05, 0) is 43.8 Å². The molecule has 2 rings (SSSR count). The second kappa shape index (κ2) is 11.2. The number of hydrogen-bond acceptors (Lipinski definition) is 5. The molecule has 5 nitrogen and oxygen atoms in total. The van der Waals surface area contributed by atoms with E-state index in [0.29, 0.717) is 11.8 Å². The van der Waals surface area contributed by atoms with Crippen LogP contribution in [0.25, 0.3) is 0 Å². The van der Waals surface area contributed by atoms with Crippen molar-refractivity contribution in [3.8, 4) is 0 Å². The maximum Gasteiger partial charge on any atom is 0.255 e. The highest BCUT2D eigenvalue weighted by Crippen LogP contribution is 2.28. The molecule has 8 heteroatoms. The molecule has 0 saturated heterocycles. The van der Waals surface area contributed by atoms with Crippen LogP contribution in [0.5, 0.6) is 0 Å². The van der Waals surface area contributed by atoms with Gasteiger partial charge in [-0.15, -0.1) is 12.6 Å². The first-order valence-electron chi connectivity index (χ1n) is 8.36. The third kappa shape index (κ3) is 5.64. The molecular weight excluding hydrogens is 384 g/mol. The van der Waals surface area contributed by atoms with E-state index < -0.39 is 29.6 Å². The van der Waals surface area contributed by atoms with Crippen molar-refractivity contribution in [3.05, 3.63) is 82.4 Å². The molecule has 0 aliphatic heterocycles. The molecule has 0 heterocycles. The highest BCUT2D eigenvalue weighted by atomic mass is 32.1. The Morgan fingerprint density at radius 2 is 1.64 bits per heavy atom. The second-order valence-electron chi connectivity index (χ2n) is 5.63. The SMILES string of the molecule is CC(c1cc(F)cc(F)c1)N(C(=O)c1ccccc1)C(C=O)/C(S)=C/N.CN. The molecule has 2 aromatic rings. The smallest absolute Gasteiger partial charge is 0.255 e. The van der Waals surface area contributed by atoms with Crippen molar-refractivity contribution < 1.29 is 18.4 Å². The Morgan fingerprint density at radius 1 is 1.11 bits per heavy atom. The number of nitrogens with zero attached hydrogens (tertiary/aromatic N) is 1. The number of amides is 1. The van der Waals surface area contributed by atoms with Crippen LogP contribution in [0.15, 0.2) is 59.6 Å². The summed E-state index contributed by atoms with van der Waals surface area (Å²) in [5.41, 5.74) is 10.5. The molecule has 0 bridgehead atoms. The summed E-state index contributed by atoms with van der Waals surface area (Å²) in [6, 6.07) is 9.32. The van der Waals surface area contributed by atoms with Crippen LogP contribution in [-0.4, -0.2) is 30.2 Å². The first-order valence-corrected chi connectivity index (χ1v) is 8.81. The summed E-state index contributed by atoms with van der Waals surface area (Å²) in [5.74, 6) is -2.04. The molecule has 4 N–H and O–H groups in total. The maximum atomic E-state index is 13.6. The van der Waals surface area contributed by atoms with Crippen molar-refractivity contribution in [1.82, 2.24) is 4.90 Å². The zero-order valence-electron chi connectivity index (χ0n) is 15.5. The van der Waals surface area contributed by atoms with Crippen LogP contribution in [0, 0.1) is 11.6 Å². The van der Waals surface area contributed by atoms with Crippen LogP contribution in [0.1, 0.15) is 28.9 Å². The number of aldehydes is 1. The molecule has 0 fully saturated rings. The Hall–Kier alpha value is -2.71. The zero-order valence-corrected chi connectivity index (χ0v) is 16.4. The molecular formula is C20H23F2N3O2S. The predicted octanol–water partition coefficient (Wildman–Crippen LogP) is 3.04. The summed E-state index contributed by atoms with van der Waals surface area (Å²) < 4.78 is 27.2. The van der Waals surface area contributed by atoms with E-state index in [-0.39, 0.29) is 10.5 Å². The Balaban J connectivity index is 0.00000190. The van der Waals surface area contributed by atoms with E-state index in [1.807, 2.05) is 0 Å². The fourth-order valence-electron chi connectivity index (χ4n) is 2.63. The summed E-state index contributed by atoms with van der Waals surface area (Å²) in [7, 11) is 1.50. The predicted molar refractivity (Wildman–Crippen MR) is 109 cm³/mol. The average molecular weight is 407 g/mol. The maximum absolute atomic E-state index is 13.6. The van der Waals surface area contributed by atoms with Crippen molar-refractivity contribution in [2.24, 2.45) is 11.5 Å². The van der Waals surface area contributed by atoms with Gasteiger partial charge < -0.3 is 21.2 Å². The minimum atomic E-state index is -1.10. The third-order valence-corrected chi connectivity index (χ3v) is 4.36. The Morgan fingerprint density at radius 3 is 2.11 bits per heavy atom. The van der Waals surface area contributed by atoms with Crippen LogP contribution in [0.3, 0.4) is 0 Å². The van der Waals surface area contributed by atoms with Crippen molar-refractivity contribution >= 4 is 24.8 Å². The Labute approximate surface area is 168 Å². The number of carbonyl (C=O) groups excluding carboxylic acids is 2. The fraction of sp³-hybridized carbons (Fsp3) is 0.200. The van der Waals surface area contributed by atoms with Gasteiger partial charge >= 0.3 is 0 Å². The van der Waals surface area contributed by atoms with E-state index >= 15 is 0 Å². The number of halogens is 2. The van der Waals surface area contributed by atoms with Gasteiger partial charge in [-0.2, -0.15) is 0 Å². The molecule has 0 aliphatic rings. The standard InChI is InChI=1S/C19H18F2N2O2S.CH5N/c1-12(14-7-15(20)9-16(21)8-14)23(17(11-24)18(26)10-22)19(25)13-5-3-2-4-6-13;1-2/h2-12,17,26H,22H2,1H3;2H2,1H3/b18-10-;. The number of thiol groups is 1. The van der Waals surface area contributed by atoms with Crippen LogP contribution in [-0.2, 0) is 4.79 Å². The van der Waals surface area contributed by atoms with E-state index in [2.05, 4.69) is 18.4 Å². The molecule has 0 saturated carbocycles. The molecule has 0 spiro atoms. The molecule has 2 atom stereocenters. The Bertz CT molecular complexity index is 811. The van der Waals surface area contributed by atoms with Crippen molar-refractivity contribution in [1.29, 1.82) is 0 Å². The minimum absolute atomic E-state index is 0.146. The topological polar surface area (TPSA) is 89.4 Å². The number of carbonyl (C=O) groups is 2. The number of rotatable bonds is 6. The largest absolute Gasteiger partial charge is 0.404 e. The summed E-state index contributed by atoms with van der Waals surface area (Å²) in [6.45, 7) is 1.57. The molecule has 0 aromatic heterocycles. The van der Waals surface area contributed by atoms with Crippen molar-refractivity contribution in [3.63, 3.8) is 0 Å². The van der Waals surface area contributed by atoms with Gasteiger partial charge in [0, 0.05) is 22.7 Å². The zero-order chi connectivity index (χ0) is 21.3. The fourth-order valence-corrected chi connectivity index (χ4v) is 2.81. The lowest BCUT2D eigenvalue weighted by atomic mass is 10.0. The lowest BCUT2D eigenvalue weighted by Crippen LogP contribution is -2.43. The molecule has 1 amide bonds. The number of nitrogens with two attached hydrogens (primary N) is 2. The van der Waals surface area contributed by atoms with Crippen molar-refractivity contribution in [2.75, 3.05) is 7.05 Å². The highest BCUT2D eigenvalue weighted by molar-refractivity contribution is 7.84. The van der Waals surface area contributed by atoms with E-state index in [9.17, 15) is 18.4 Å². The third-order valence-electron chi connectivity index (χ3n) is 3.94. The molecule has 2 aromatic carbocycles. The lowest BCUT2D eigenvalue weighted by molar-refractivity contribution is -0.111. The molecule has 28 heavy (non-hydrogen) atoms. The summed E-state index contributed by atoms with van der Waals surface area (Å²) >= 11 is 4.16. The first-order chi connectivity index (χ1) is 13.4. The lowest BCUT2D eigenvalue weighted by Gasteiger charge is -2.34. The van der Waals surface area contributed by atoms with Crippen LogP contribution in [0.4, 0.5) is 8.78 Å². The van der Waals surface area contributed by atoms with Gasteiger partial charge in [0.25, 0.3) is 5.91 Å². The number of hydrogen-bond donors (Lipinski definition) is 3. The van der Waals surface area contributed by atoms with Gasteiger partial charge in [-0.1, -0.05) is 18.2 Å². The van der Waals surface area contributed by atoms with Gasteiger partial charge in [0.2, 0.25) is 0 Å². The van der Waals surface area contributed by atoms with Gasteiger partial charge in [0.05, 0.1) is 6.04 Å². The van der Waals surface area contributed by atoms with Crippen LogP contribution < -0.4 is 11.5 Å². The quantitative estimate of drug-likeness (QED) is 0.507. The van der Waals surface area contributed by atoms with Gasteiger partial charge in [-0.3, -0.25) is 4.79 Å². The first kappa shape index (κ1) is 23.3. The molecule has 150 valence electrons. The number of benzene rings is 2. The van der Waals surface area contributed by atoms with E-state index in [1.54, 1.807) is 37.3 Å². The van der Waals surface area contributed by atoms with E-state index in [4.69, 9.17) is 5.73 Å². The Kier molecular flexibility index (Phi) is 9.34. The average Bonchev–Trinajstić information content (AvgIpc) is 2.71. The van der Waals surface area contributed by atoms with E-state index in [1.165, 1.54) is 11.9 Å². The molecule has 0 aliphatic carbocycles. The van der Waals surface area contributed by atoms with Gasteiger partial charge in [0.1, 0.15) is 24.0 Å². The van der Waals surface area contributed by atoms with Gasteiger partial charge in [-0.25, -0.2) is 8.78 Å². The summed E-state index contributed by atoms with van der Waals surface area (Å²) in [4.78, 5) is 26.0. The summed E-state index contributed by atoms with van der Waals surface area (Å²) in [6.07, 6.45) is 1.62. The molecule has 0 radical (unpaired) electrons. The highest BCUT2D eigenvalue weighted by Gasteiger charge is 2.31.